The summed E-state index contributed by atoms with van der Waals surface area (Å²) in [5.41, 5.74) is 1.35. The number of carbonyl (C=O) groups excluding carboxylic acids is 2. The molecule has 0 aliphatic carbocycles. The molecule has 0 unspecified atom stereocenters. The average Bonchev–Trinajstić information content (AvgIpc) is 2.97. The number of hydrogen-bond acceptors (Lipinski definition) is 3. The van der Waals surface area contributed by atoms with E-state index in [9.17, 15) is 9.59 Å². The minimum Gasteiger partial charge on any atom is -0.352 e. The molecule has 2 heterocycles. The molecule has 3 rings (SSSR count). The Hall–Kier alpha value is -1.59. The van der Waals surface area contributed by atoms with Gasteiger partial charge in [-0.1, -0.05) is 32.9 Å². The van der Waals surface area contributed by atoms with E-state index in [1.54, 1.807) is 0 Å². The van der Waals surface area contributed by atoms with Crippen LogP contribution in [0.15, 0.2) is 24.3 Å². The van der Waals surface area contributed by atoms with Crippen molar-refractivity contribution in [1.82, 2.24) is 15.5 Å². The molecule has 27 heavy (non-hydrogen) atoms. The van der Waals surface area contributed by atoms with Crippen molar-refractivity contribution in [2.45, 2.75) is 40.2 Å². The quantitative estimate of drug-likeness (QED) is 0.830. The lowest BCUT2D eigenvalue weighted by atomic mass is 9.92. The Balaban J connectivity index is 0.00000261. The summed E-state index contributed by atoms with van der Waals surface area (Å²) in [5, 5.41) is 6.41. The zero-order valence-corrected chi connectivity index (χ0v) is 17.4. The van der Waals surface area contributed by atoms with Gasteiger partial charge in [-0.2, -0.15) is 0 Å². The molecule has 2 aliphatic rings. The summed E-state index contributed by atoms with van der Waals surface area (Å²) in [4.78, 5) is 26.8. The number of halogens is 1. The predicted octanol–water partition coefficient (Wildman–Crippen LogP) is 2.84. The first-order valence-corrected chi connectivity index (χ1v) is 9.72. The average molecular weight is 394 g/mol. The van der Waals surface area contributed by atoms with Gasteiger partial charge in [0.2, 0.25) is 5.91 Å². The first kappa shape index (κ1) is 21.7. The van der Waals surface area contributed by atoms with Gasteiger partial charge in [-0.3, -0.25) is 9.59 Å². The number of amides is 2. The summed E-state index contributed by atoms with van der Waals surface area (Å²) >= 11 is 0. The van der Waals surface area contributed by atoms with Crippen molar-refractivity contribution >= 4 is 24.2 Å². The Morgan fingerprint density at radius 1 is 1.07 bits per heavy atom. The molecule has 0 saturated carbocycles. The summed E-state index contributed by atoms with van der Waals surface area (Å²) in [6.45, 7) is 10.1. The molecule has 2 N–H and O–H groups in total. The Bertz CT molecular complexity index is 640. The number of fused-ring (bicyclic) bond motifs is 1. The molecule has 5 nitrogen and oxygen atoms in total. The van der Waals surface area contributed by atoms with E-state index in [2.05, 4.69) is 10.6 Å². The van der Waals surface area contributed by atoms with Gasteiger partial charge >= 0.3 is 0 Å². The van der Waals surface area contributed by atoms with Crippen molar-refractivity contribution in [1.29, 1.82) is 0 Å². The van der Waals surface area contributed by atoms with Crippen LogP contribution in [0, 0.1) is 17.3 Å². The highest BCUT2D eigenvalue weighted by atomic mass is 35.5. The van der Waals surface area contributed by atoms with Gasteiger partial charge in [0, 0.05) is 30.6 Å². The fourth-order valence-electron chi connectivity index (χ4n) is 3.82. The minimum absolute atomic E-state index is 0. The van der Waals surface area contributed by atoms with Gasteiger partial charge in [-0.15, -0.1) is 12.4 Å². The summed E-state index contributed by atoms with van der Waals surface area (Å²) in [7, 11) is 0. The second kappa shape index (κ2) is 9.07. The number of hydrogen-bond donors (Lipinski definition) is 2. The number of carbonyl (C=O) groups is 2. The molecule has 1 aromatic rings. The van der Waals surface area contributed by atoms with Crippen LogP contribution in [0.1, 0.15) is 49.5 Å². The van der Waals surface area contributed by atoms with Crippen molar-refractivity contribution in [3.05, 3.63) is 35.4 Å². The van der Waals surface area contributed by atoms with E-state index in [0.717, 1.165) is 62.0 Å². The molecular weight excluding hydrogens is 362 g/mol. The third-order valence-electron chi connectivity index (χ3n) is 5.64. The SMILES string of the molecule is CC(C)(C)C(=O)NCc1ccc(C(=O)N2CC[C@@H]3CNC[C@@H]3CC2)cc1.Cl. The van der Waals surface area contributed by atoms with Gasteiger partial charge < -0.3 is 15.5 Å². The first-order valence-electron chi connectivity index (χ1n) is 9.72. The highest BCUT2D eigenvalue weighted by Crippen LogP contribution is 2.27. The number of likely N-dealkylation sites (tertiary alicyclic amines) is 1. The summed E-state index contributed by atoms with van der Waals surface area (Å²) < 4.78 is 0. The van der Waals surface area contributed by atoms with Crippen molar-refractivity contribution in [2.75, 3.05) is 26.2 Å². The lowest BCUT2D eigenvalue weighted by Crippen LogP contribution is -2.34. The molecule has 0 aromatic heterocycles. The number of benzene rings is 1. The molecule has 0 radical (unpaired) electrons. The normalized spacial score (nSPS) is 22.4. The standard InChI is InChI=1S/C21H31N3O2.ClH/c1-21(2,3)20(26)23-12-15-4-6-16(7-5-15)19(25)24-10-8-17-13-22-14-18(17)9-11-24;/h4-7,17-18,22H,8-14H2,1-3H3,(H,23,26);1H/t17-,18+;. The van der Waals surface area contributed by atoms with Crippen LogP contribution in [0.25, 0.3) is 0 Å². The Labute approximate surface area is 168 Å². The van der Waals surface area contributed by atoms with Crippen LogP contribution in [-0.4, -0.2) is 42.9 Å². The van der Waals surface area contributed by atoms with Crippen LogP contribution >= 0.6 is 12.4 Å². The second-order valence-electron chi connectivity index (χ2n) is 8.68. The Morgan fingerprint density at radius 3 is 2.15 bits per heavy atom. The van der Waals surface area contributed by atoms with E-state index in [-0.39, 0.29) is 24.2 Å². The van der Waals surface area contributed by atoms with E-state index in [0.29, 0.717) is 6.54 Å². The highest BCUT2D eigenvalue weighted by molar-refractivity contribution is 5.94. The second-order valence-corrected chi connectivity index (χ2v) is 8.68. The molecule has 6 heteroatoms. The minimum atomic E-state index is -0.392. The van der Waals surface area contributed by atoms with Crippen LogP contribution in [0.2, 0.25) is 0 Å². The van der Waals surface area contributed by atoms with Gasteiger partial charge in [0.25, 0.3) is 5.91 Å². The Morgan fingerprint density at radius 2 is 1.63 bits per heavy atom. The van der Waals surface area contributed by atoms with Gasteiger partial charge in [-0.05, 0) is 55.5 Å². The molecular formula is C21H32ClN3O2. The maximum Gasteiger partial charge on any atom is 0.253 e. The van der Waals surface area contributed by atoms with E-state index >= 15 is 0 Å². The molecule has 1 aromatic carbocycles. The third-order valence-corrected chi connectivity index (χ3v) is 5.64. The van der Waals surface area contributed by atoms with E-state index in [4.69, 9.17) is 0 Å². The summed E-state index contributed by atoms with van der Waals surface area (Å²) in [6, 6.07) is 7.64. The molecule has 150 valence electrons. The molecule has 0 bridgehead atoms. The molecule has 2 amide bonds. The molecule has 2 aliphatic heterocycles. The maximum atomic E-state index is 12.8. The number of nitrogens with one attached hydrogen (secondary N) is 2. The zero-order chi connectivity index (χ0) is 18.7. The third kappa shape index (κ3) is 5.45. The monoisotopic (exact) mass is 393 g/mol. The largest absolute Gasteiger partial charge is 0.352 e. The van der Waals surface area contributed by atoms with E-state index in [1.165, 1.54) is 0 Å². The smallest absolute Gasteiger partial charge is 0.253 e. The van der Waals surface area contributed by atoms with Crippen LogP contribution in [0.4, 0.5) is 0 Å². The highest BCUT2D eigenvalue weighted by Gasteiger charge is 2.31. The van der Waals surface area contributed by atoms with Gasteiger partial charge in [0.05, 0.1) is 0 Å². The van der Waals surface area contributed by atoms with Gasteiger partial charge in [0.15, 0.2) is 0 Å². The van der Waals surface area contributed by atoms with Gasteiger partial charge in [0.1, 0.15) is 0 Å². The van der Waals surface area contributed by atoms with Crippen molar-refractivity contribution < 1.29 is 9.59 Å². The maximum absolute atomic E-state index is 12.8. The molecule has 2 saturated heterocycles. The van der Waals surface area contributed by atoms with Crippen molar-refractivity contribution in [3.8, 4) is 0 Å². The van der Waals surface area contributed by atoms with Crippen molar-refractivity contribution in [2.24, 2.45) is 17.3 Å². The van der Waals surface area contributed by atoms with Crippen LogP contribution < -0.4 is 10.6 Å². The van der Waals surface area contributed by atoms with Crippen molar-refractivity contribution in [3.63, 3.8) is 0 Å². The summed E-state index contributed by atoms with van der Waals surface area (Å²) in [6.07, 6.45) is 2.20. The Kier molecular flexibility index (Phi) is 7.29. The predicted molar refractivity (Wildman–Crippen MR) is 110 cm³/mol. The molecule has 2 atom stereocenters. The first-order chi connectivity index (χ1) is 12.3. The van der Waals surface area contributed by atoms with Crippen LogP contribution in [0.3, 0.4) is 0 Å². The molecule has 2 fully saturated rings. The van der Waals surface area contributed by atoms with E-state index in [1.807, 2.05) is 49.9 Å². The molecule has 0 spiro atoms. The van der Waals surface area contributed by atoms with Gasteiger partial charge in [-0.25, -0.2) is 0 Å². The fraction of sp³-hybridized carbons (Fsp3) is 0.619. The number of nitrogens with zero attached hydrogens (tertiary/aromatic N) is 1. The zero-order valence-electron chi connectivity index (χ0n) is 16.6. The fourth-order valence-corrected chi connectivity index (χ4v) is 3.82. The number of rotatable bonds is 3. The van der Waals surface area contributed by atoms with Crippen LogP contribution in [0.5, 0.6) is 0 Å². The lowest BCUT2D eigenvalue weighted by Gasteiger charge is -2.21. The topological polar surface area (TPSA) is 61.4 Å². The lowest BCUT2D eigenvalue weighted by molar-refractivity contribution is -0.128. The van der Waals surface area contributed by atoms with E-state index < -0.39 is 5.41 Å². The summed E-state index contributed by atoms with van der Waals surface area (Å²) in [5.74, 6) is 1.61. The van der Waals surface area contributed by atoms with Crippen LogP contribution in [-0.2, 0) is 11.3 Å².